The van der Waals surface area contributed by atoms with Gasteiger partial charge in [-0.15, -0.1) is 6.58 Å². The molecule has 0 bridgehead atoms. The molecule has 1 aromatic carbocycles. The summed E-state index contributed by atoms with van der Waals surface area (Å²) < 4.78 is 0. The van der Waals surface area contributed by atoms with E-state index in [-0.39, 0.29) is 11.2 Å². The minimum Gasteiger partial charge on any atom is -0.300 e. The fourth-order valence-electron chi connectivity index (χ4n) is 2.54. The van der Waals surface area contributed by atoms with Crippen molar-refractivity contribution in [2.45, 2.75) is 38.5 Å². The highest BCUT2D eigenvalue weighted by atomic mass is 16.1. The standard InChI is InChI=1S/C16H19NO/c1-4-8-16(9-7-13(3)18)11-17-15-6-5-12(2)10-14(15)16/h4-6,10-11H,1,7-9H2,2-3H3/t16-/m1/s1. The van der Waals surface area contributed by atoms with Crippen LogP contribution in [-0.2, 0) is 10.2 Å². The van der Waals surface area contributed by atoms with Gasteiger partial charge in [-0.2, -0.15) is 0 Å². The number of benzene rings is 1. The number of carbonyl (C=O) groups excluding carboxylic acids is 1. The topological polar surface area (TPSA) is 29.4 Å². The summed E-state index contributed by atoms with van der Waals surface area (Å²) in [4.78, 5) is 15.8. The van der Waals surface area contributed by atoms with Crippen molar-refractivity contribution in [3.05, 3.63) is 42.0 Å². The quantitative estimate of drug-likeness (QED) is 0.719. The molecular weight excluding hydrogens is 222 g/mol. The van der Waals surface area contributed by atoms with Crippen molar-refractivity contribution in [1.82, 2.24) is 0 Å². The van der Waals surface area contributed by atoms with Crippen LogP contribution >= 0.6 is 0 Å². The molecule has 0 unspecified atom stereocenters. The van der Waals surface area contributed by atoms with E-state index in [1.165, 1.54) is 11.1 Å². The van der Waals surface area contributed by atoms with Gasteiger partial charge >= 0.3 is 0 Å². The second-order valence-corrected chi connectivity index (χ2v) is 5.13. The van der Waals surface area contributed by atoms with Gasteiger partial charge in [-0.1, -0.05) is 23.8 Å². The molecule has 0 radical (unpaired) electrons. The number of aliphatic imine (C=N–C) groups is 1. The summed E-state index contributed by atoms with van der Waals surface area (Å²) in [6.45, 7) is 7.57. The van der Waals surface area contributed by atoms with Crippen molar-refractivity contribution in [2.75, 3.05) is 0 Å². The molecular formula is C16H19NO. The largest absolute Gasteiger partial charge is 0.300 e. The predicted molar refractivity (Wildman–Crippen MR) is 75.7 cm³/mol. The van der Waals surface area contributed by atoms with Crippen molar-refractivity contribution in [3.8, 4) is 0 Å². The lowest BCUT2D eigenvalue weighted by Gasteiger charge is -2.26. The highest BCUT2D eigenvalue weighted by Crippen LogP contribution is 2.43. The molecule has 0 amide bonds. The van der Waals surface area contributed by atoms with Crippen molar-refractivity contribution in [3.63, 3.8) is 0 Å². The van der Waals surface area contributed by atoms with E-state index in [1.807, 2.05) is 12.3 Å². The zero-order chi connectivity index (χ0) is 13.2. The molecule has 0 spiro atoms. The molecule has 0 aromatic heterocycles. The summed E-state index contributed by atoms with van der Waals surface area (Å²) in [5.74, 6) is 0.230. The van der Waals surface area contributed by atoms with Crippen molar-refractivity contribution < 1.29 is 4.79 Å². The van der Waals surface area contributed by atoms with E-state index in [0.29, 0.717) is 6.42 Å². The number of Topliss-reactive ketones (excluding diaryl/α,β-unsaturated/α-hetero) is 1. The number of hydrogen-bond donors (Lipinski definition) is 0. The van der Waals surface area contributed by atoms with Gasteiger partial charge in [0.1, 0.15) is 5.78 Å². The van der Waals surface area contributed by atoms with E-state index in [2.05, 4.69) is 36.7 Å². The molecule has 1 heterocycles. The van der Waals surface area contributed by atoms with Gasteiger partial charge in [0.15, 0.2) is 0 Å². The minimum absolute atomic E-state index is 0.130. The first-order chi connectivity index (χ1) is 8.57. The molecule has 0 saturated heterocycles. The summed E-state index contributed by atoms with van der Waals surface area (Å²) in [5.41, 5.74) is 3.37. The van der Waals surface area contributed by atoms with Crippen LogP contribution in [0.1, 0.15) is 37.3 Å². The van der Waals surface area contributed by atoms with Crippen LogP contribution in [0.25, 0.3) is 0 Å². The molecule has 0 N–H and O–H groups in total. The van der Waals surface area contributed by atoms with Crippen LogP contribution in [0.2, 0.25) is 0 Å². The van der Waals surface area contributed by atoms with Crippen LogP contribution in [0, 0.1) is 6.92 Å². The van der Waals surface area contributed by atoms with Gasteiger partial charge in [0.05, 0.1) is 5.69 Å². The Kier molecular flexibility index (Phi) is 3.46. The van der Waals surface area contributed by atoms with Crippen LogP contribution in [-0.4, -0.2) is 12.0 Å². The third-order valence-electron chi connectivity index (χ3n) is 3.57. The highest BCUT2D eigenvalue weighted by molar-refractivity contribution is 5.86. The van der Waals surface area contributed by atoms with Gasteiger partial charge < -0.3 is 4.79 Å². The first-order valence-corrected chi connectivity index (χ1v) is 6.34. The zero-order valence-corrected chi connectivity index (χ0v) is 11.1. The van der Waals surface area contributed by atoms with Crippen LogP contribution in [0.4, 0.5) is 5.69 Å². The van der Waals surface area contributed by atoms with Crippen LogP contribution in [0.5, 0.6) is 0 Å². The van der Waals surface area contributed by atoms with E-state index >= 15 is 0 Å². The first-order valence-electron chi connectivity index (χ1n) is 6.34. The maximum Gasteiger partial charge on any atom is 0.129 e. The smallest absolute Gasteiger partial charge is 0.129 e. The van der Waals surface area contributed by atoms with Crippen molar-refractivity contribution in [1.29, 1.82) is 0 Å². The van der Waals surface area contributed by atoms with Gasteiger partial charge in [0, 0.05) is 18.1 Å². The number of ketones is 1. The van der Waals surface area contributed by atoms with E-state index in [4.69, 9.17) is 0 Å². The third-order valence-corrected chi connectivity index (χ3v) is 3.57. The molecule has 1 atom stereocenters. The average molecular weight is 241 g/mol. The van der Waals surface area contributed by atoms with E-state index in [1.54, 1.807) is 6.92 Å². The number of rotatable bonds is 5. The molecule has 0 saturated carbocycles. The van der Waals surface area contributed by atoms with Crippen LogP contribution in [0.3, 0.4) is 0 Å². The van der Waals surface area contributed by atoms with Gasteiger partial charge in [-0.05, 0) is 38.3 Å². The number of hydrogen-bond acceptors (Lipinski definition) is 2. The highest BCUT2D eigenvalue weighted by Gasteiger charge is 2.35. The van der Waals surface area contributed by atoms with Crippen molar-refractivity contribution >= 4 is 17.7 Å². The Labute approximate surface area is 108 Å². The molecule has 1 aliphatic rings. The monoisotopic (exact) mass is 241 g/mol. The molecule has 2 rings (SSSR count). The Morgan fingerprint density at radius 1 is 1.50 bits per heavy atom. The summed E-state index contributed by atoms with van der Waals surface area (Å²) >= 11 is 0. The summed E-state index contributed by atoms with van der Waals surface area (Å²) in [6.07, 6.45) is 6.16. The van der Waals surface area contributed by atoms with Gasteiger partial charge in [0.25, 0.3) is 0 Å². The molecule has 2 nitrogen and oxygen atoms in total. The van der Waals surface area contributed by atoms with E-state index in [9.17, 15) is 4.79 Å². The number of nitrogens with zero attached hydrogens (tertiary/aromatic N) is 1. The Hall–Kier alpha value is -1.70. The zero-order valence-electron chi connectivity index (χ0n) is 11.1. The Bertz CT molecular complexity index is 516. The fourth-order valence-corrected chi connectivity index (χ4v) is 2.54. The van der Waals surface area contributed by atoms with Crippen LogP contribution < -0.4 is 0 Å². The lowest BCUT2D eigenvalue weighted by Crippen LogP contribution is -2.25. The minimum atomic E-state index is -0.130. The Morgan fingerprint density at radius 2 is 2.28 bits per heavy atom. The lowest BCUT2D eigenvalue weighted by molar-refractivity contribution is -0.117. The molecule has 1 aliphatic heterocycles. The fraction of sp³-hybridized carbons (Fsp3) is 0.375. The molecule has 1 aromatic rings. The van der Waals surface area contributed by atoms with Crippen LogP contribution in [0.15, 0.2) is 35.8 Å². The maximum atomic E-state index is 11.3. The molecule has 0 fully saturated rings. The summed E-state index contributed by atoms with van der Waals surface area (Å²) in [7, 11) is 0. The number of aryl methyl sites for hydroxylation is 1. The molecule has 2 heteroatoms. The number of carbonyl (C=O) groups is 1. The number of fused-ring (bicyclic) bond motifs is 1. The summed E-state index contributed by atoms with van der Waals surface area (Å²) in [6, 6.07) is 6.32. The molecule has 94 valence electrons. The normalized spacial score (nSPS) is 20.8. The SMILES string of the molecule is C=CC[C@@]1(CCC(C)=O)C=Nc2ccc(C)cc21. The Balaban J connectivity index is 2.39. The second kappa shape index (κ2) is 4.89. The van der Waals surface area contributed by atoms with Gasteiger partial charge in [0.2, 0.25) is 0 Å². The van der Waals surface area contributed by atoms with Gasteiger partial charge in [-0.3, -0.25) is 4.99 Å². The first kappa shape index (κ1) is 12.7. The van der Waals surface area contributed by atoms with E-state index < -0.39 is 0 Å². The molecule has 0 aliphatic carbocycles. The van der Waals surface area contributed by atoms with Gasteiger partial charge in [-0.25, -0.2) is 0 Å². The third kappa shape index (κ3) is 2.28. The maximum absolute atomic E-state index is 11.3. The molecule has 18 heavy (non-hydrogen) atoms. The number of allylic oxidation sites excluding steroid dienone is 1. The van der Waals surface area contributed by atoms with Crippen molar-refractivity contribution in [2.24, 2.45) is 4.99 Å². The lowest BCUT2D eigenvalue weighted by atomic mass is 9.75. The Morgan fingerprint density at radius 3 is 2.94 bits per heavy atom. The van der Waals surface area contributed by atoms with E-state index in [0.717, 1.165) is 18.5 Å². The predicted octanol–water partition coefficient (Wildman–Crippen LogP) is 3.89. The second-order valence-electron chi connectivity index (χ2n) is 5.13. The summed E-state index contributed by atoms with van der Waals surface area (Å²) in [5, 5.41) is 0. The average Bonchev–Trinajstić information content (AvgIpc) is 2.67.